The number of sulfone groups is 1. The molecule has 2 aromatic carbocycles. The van der Waals surface area contributed by atoms with E-state index in [1.54, 1.807) is 4.90 Å². The molecule has 28 heavy (non-hydrogen) atoms. The monoisotopic (exact) mass is 400 g/mol. The van der Waals surface area contributed by atoms with Gasteiger partial charge < -0.3 is 9.80 Å². The highest BCUT2D eigenvalue weighted by Crippen LogP contribution is 2.21. The first-order valence-electron chi connectivity index (χ1n) is 9.82. The van der Waals surface area contributed by atoms with E-state index in [-0.39, 0.29) is 30.0 Å². The summed E-state index contributed by atoms with van der Waals surface area (Å²) >= 11 is 0. The summed E-state index contributed by atoms with van der Waals surface area (Å²) in [4.78, 5) is 17.0. The minimum Gasteiger partial charge on any atom is -0.358 e. The highest BCUT2D eigenvalue weighted by molar-refractivity contribution is 7.91. The number of para-hydroxylation sites is 1. The van der Waals surface area contributed by atoms with E-state index in [2.05, 4.69) is 4.90 Å². The number of nitrogens with zero attached hydrogens (tertiary/aromatic N) is 2. The van der Waals surface area contributed by atoms with Crippen molar-refractivity contribution in [1.82, 2.24) is 4.90 Å². The molecule has 0 N–H and O–H groups in total. The molecule has 1 amide bonds. The molecule has 1 fully saturated rings. The standard InChI is InChI=1S/C22H28N2O3S/c1-2-14-24(21-13-15-28(26,27)18-21)22(25)17-23(20-11-7-4-8-12-20)16-19-9-5-3-6-10-19/h3-12,21H,2,13-18H2,1H3. The Morgan fingerprint density at radius 1 is 1.04 bits per heavy atom. The molecule has 0 aromatic heterocycles. The molecule has 1 heterocycles. The molecule has 0 spiro atoms. The number of rotatable bonds is 8. The lowest BCUT2D eigenvalue weighted by molar-refractivity contribution is -0.131. The van der Waals surface area contributed by atoms with Crippen LogP contribution in [0.2, 0.25) is 0 Å². The normalized spacial score (nSPS) is 18.0. The summed E-state index contributed by atoms with van der Waals surface area (Å²) in [6, 6.07) is 19.7. The Hall–Kier alpha value is -2.34. The number of hydrogen-bond donors (Lipinski definition) is 0. The third kappa shape index (κ3) is 5.35. The summed E-state index contributed by atoms with van der Waals surface area (Å²) in [6.45, 7) is 3.46. The smallest absolute Gasteiger partial charge is 0.242 e. The summed E-state index contributed by atoms with van der Waals surface area (Å²) in [5.74, 6) is 0.254. The average Bonchev–Trinajstić information content (AvgIpc) is 3.06. The van der Waals surface area contributed by atoms with Gasteiger partial charge in [0.15, 0.2) is 9.84 Å². The largest absolute Gasteiger partial charge is 0.358 e. The van der Waals surface area contributed by atoms with Gasteiger partial charge in [0.25, 0.3) is 0 Å². The van der Waals surface area contributed by atoms with Crippen molar-refractivity contribution >= 4 is 21.4 Å². The zero-order valence-corrected chi connectivity index (χ0v) is 17.1. The molecular weight excluding hydrogens is 372 g/mol. The summed E-state index contributed by atoms with van der Waals surface area (Å²) in [6.07, 6.45) is 1.35. The minimum atomic E-state index is -3.03. The predicted octanol–water partition coefficient (Wildman–Crippen LogP) is 3.12. The van der Waals surface area contributed by atoms with Crippen LogP contribution in [0.3, 0.4) is 0 Å². The molecule has 1 atom stereocenters. The lowest BCUT2D eigenvalue weighted by atomic mass is 10.1. The maximum Gasteiger partial charge on any atom is 0.242 e. The van der Waals surface area contributed by atoms with E-state index in [9.17, 15) is 13.2 Å². The third-order valence-corrected chi connectivity index (χ3v) is 6.85. The maximum atomic E-state index is 13.2. The molecule has 1 aliphatic rings. The van der Waals surface area contributed by atoms with E-state index >= 15 is 0 Å². The lowest BCUT2D eigenvalue weighted by Gasteiger charge is -2.32. The zero-order valence-electron chi connectivity index (χ0n) is 16.3. The summed E-state index contributed by atoms with van der Waals surface area (Å²) in [5.41, 5.74) is 2.11. The molecule has 1 unspecified atom stereocenters. The van der Waals surface area contributed by atoms with Crippen LogP contribution in [-0.2, 0) is 21.2 Å². The number of amides is 1. The summed E-state index contributed by atoms with van der Waals surface area (Å²) in [5, 5.41) is 0. The number of carbonyl (C=O) groups is 1. The van der Waals surface area contributed by atoms with Crippen molar-refractivity contribution in [1.29, 1.82) is 0 Å². The predicted molar refractivity (Wildman–Crippen MR) is 113 cm³/mol. The Morgan fingerprint density at radius 2 is 1.68 bits per heavy atom. The van der Waals surface area contributed by atoms with Crippen molar-refractivity contribution in [2.45, 2.75) is 32.4 Å². The number of benzene rings is 2. The first-order chi connectivity index (χ1) is 13.5. The Balaban J connectivity index is 1.79. The van der Waals surface area contributed by atoms with Gasteiger partial charge in [0, 0.05) is 24.8 Å². The molecule has 0 saturated carbocycles. The molecule has 5 nitrogen and oxygen atoms in total. The van der Waals surface area contributed by atoms with E-state index in [1.807, 2.05) is 67.6 Å². The van der Waals surface area contributed by atoms with Crippen molar-refractivity contribution < 1.29 is 13.2 Å². The fourth-order valence-corrected chi connectivity index (χ4v) is 5.44. The van der Waals surface area contributed by atoms with Crippen molar-refractivity contribution in [3.63, 3.8) is 0 Å². The van der Waals surface area contributed by atoms with Crippen LogP contribution in [-0.4, -0.2) is 49.9 Å². The second-order valence-electron chi connectivity index (χ2n) is 7.32. The van der Waals surface area contributed by atoms with Gasteiger partial charge in [0.2, 0.25) is 5.91 Å². The van der Waals surface area contributed by atoms with Crippen molar-refractivity contribution in [2.24, 2.45) is 0 Å². The lowest BCUT2D eigenvalue weighted by Crippen LogP contribution is -2.46. The van der Waals surface area contributed by atoms with Crippen LogP contribution in [0.25, 0.3) is 0 Å². The Kier molecular flexibility index (Phi) is 6.73. The van der Waals surface area contributed by atoms with Crippen molar-refractivity contribution in [2.75, 3.05) is 29.5 Å². The van der Waals surface area contributed by atoms with Gasteiger partial charge in [-0.3, -0.25) is 4.79 Å². The van der Waals surface area contributed by atoms with Crippen molar-refractivity contribution in [3.05, 3.63) is 66.2 Å². The Labute approximate surface area is 167 Å². The molecule has 1 saturated heterocycles. The molecule has 1 aliphatic heterocycles. The highest BCUT2D eigenvalue weighted by Gasteiger charge is 2.34. The first kappa shape index (κ1) is 20.4. The topological polar surface area (TPSA) is 57.7 Å². The fraction of sp³-hybridized carbons (Fsp3) is 0.409. The summed E-state index contributed by atoms with van der Waals surface area (Å²) in [7, 11) is -3.03. The second-order valence-corrected chi connectivity index (χ2v) is 9.55. The number of carbonyl (C=O) groups excluding carboxylic acids is 1. The Morgan fingerprint density at radius 3 is 2.25 bits per heavy atom. The van der Waals surface area contributed by atoms with E-state index in [0.717, 1.165) is 17.7 Å². The minimum absolute atomic E-state index is 0.0104. The zero-order chi connectivity index (χ0) is 20.0. The maximum absolute atomic E-state index is 13.2. The number of hydrogen-bond acceptors (Lipinski definition) is 4. The molecule has 0 bridgehead atoms. The summed E-state index contributed by atoms with van der Waals surface area (Å²) < 4.78 is 23.8. The van der Waals surface area contributed by atoms with Crippen LogP contribution in [0.5, 0.6) is 0 Å². The van der Waals surface area contributed by atoms with Crippen LogP contribution >= 0.6 is 0 Å². The van der Waals surface area contributed by atoms with Gasteiger partial charge in [-0.1, -0.05) is 55.5 Å². The van der Waals surface area contributed by atoms with Crippen LogP contribution in [0.1, 0.15) is 25.3 Å². The molecule has 2 aromatic rings. The molecule has 3 rings (SSSR count). The van der Waals surface area contributed by atoms with Crippen LogP contribution < -0.4 is 4.90 Å². The molecule has 6 heteroatoms. The molecular formula is C22H28N2O3S. The molecule has 0 radical (unpaired) electrons. The van der Waals surface area contributed by atoms with Gasteiger partial charge in [-0.2, -0.15) is 0 Å². The van der Waals surface area contributed by atoms with E-state index in [4.69, 9.17) is 0 Å². The molecule has 0 aliphatic carbocycles. The fourth-order valence-electron chi connectivity index (χ4n) is 3.71. The van der Waals surface area contributed by atoms with Gasteiger partial charge in [-0.05, 0) is 30.5 Å². The van der Waals surface area contributed by atoms with Crippen LogP contribution in [0, 0.1) is 0 Å². The van der Waals surface area contributed by atoms with E-state index < -0.39 is 9.84 Å². The van der Waals surface area contributed by atoms with Gasteiger partial charge in [0.05, 0.1) is 18.1 Å². The highest BCUT2D eigenvalue weighted by atomic mass is 32.2. The quantitative estimate of drug-likeness (QED) is 0.683. The van der Waals surface area contributed by atoms with Gasteiger partial charge >= 0.3 is 0 Å². The second kappa shape index (κ2) is 9.24. The Bertz CT molecular complexity index is 869. The molecule has 150 valence electrons. The van der Waals surface area contributed by atoms with Gasteiger partial charge in [0.1, 0.15) is 0 Å². The number of anilines is 1. The van der Waals surface area contributed by atoms with Crippen LogP contribution in [0.4, 0.5) is 5.69 Å². The van der Waals surface area contributed by atoms with Gasteiger partial charge in [-0.25, -0.2) is 8.42 Å². The third-order valence-electron chi connectivity index (χ3n) is 5.10. The van der Waals surface area contributed by atoms with E-state index in [1.165, 1.54) is 0 Å². The van der Waals surface area contributed by atoms with Crippen LogP contribution in [0.15, 0.2) is 60.7 Å². The van der Waals surface area contributed by atoms with Gasteiger partial charge in [-0.15, -0.1) is 0 Å². The average molecular weight is 401 g/mol. The first-order valence-corrected chi connectivity index (χ1v) is 11.6. The van der Waals surface area contributed by atoms with E-state index in [0.29, 0.717) is 19.5 Å². The SMILES string of the molecule is CCCN(C(=O)CN(Cc1ccccc1)c1ccccc1)C1CCS(=O)(=O)C1. The van der Waals surface area contributed by atoms with Crippen molar-refractivity contribution in [3.8, 4) is 0 Å².